The van der Waals surface area contributed by atoms with E-state index in [4.69, 9.17) is 5.11 Å². The molecule has 0 amide bonds. The number of anilines is 1. The van der Waals surface area contributed by atoms with Gasteiger partial charge in [0.05, 0.1) is 5.92 Å². The summed E-state index contributed by atoms with van der Waals surface area (Å²) in [5.41, 5.74) is 0.862. The van der Waals surface area contributed by atoms with Crippen molar-refractivity contribution in [2.75, 3.05) is 31.1 Å². The monoisotopic (exact) mass is 238 g/mol. The lowest BCUT2D eigenvalue weighted by atomic mass is 10.1. The van der Waals surface area contributed by atoms with Crippen LogP contribution in [0.15, 0.2) is 24.3 Å². The first-order valence-electron chi connectivity index (χ1n) is 5.61. The lowest BCUT2D eigenvalue weighted by Crippen LogP contribution is -2.33. The molecule has 0 saturated carbocycles. The topological polar surface area (TPSA) is 52.6 Å². The summed E-state index contributed by atoms with van der Waals surface area (Å²) in [6, 6.07) is 6.14. The first-order chi connectivity index (χ1) is 8.16. The van der Waals surface area contributed by atoms with Crippen LogP contribution in [0.4, 0.5) is 10.1 Å². The highest BCUT2D eigenvalue weighted by molar-refractivity contribution is 5.71. The third-order valence-electron chi connectivity index (χ3n) is 2.93. The normalized spacial score (nSPS) is 21.0. The van der Waals surface area contributed by atoms with Crippen LogP contribution in [0.1, 0.15) is 0 Å². The molecule has 0 bridgehead atoms. The van der Waals surface area contributed by atoms with E-state index >= 15 is 0 Å². The Balaban J connectivity index is 2.13. The summed E-state index contributed by atoms with van der Waals surface area (Å²) < 4.78 is 12.8. The smallest absolute Gasteiger partial charge is 0.309 e. The van der Waals surface area contributed by atoms with Crippen molar-refractivity contribution >= 4 is 11.7 Å². The van der Waals surface area contributed by atoms with Crippen LogP contribution in [0, 0.1) is 11.7 Å². The van der Waals surface area contributed by atoms with Gasteiger partial charge in [-0.05, 0) is 24.3 Å². The van der Waals surface area contributed by atoms with E-state index in [1.165, 1.54) is 12.1 Å². The van der Waals surface area contributed by atoms with Crippen molar-refractivity contribution in [3.63, 3.8) is 0 Å². The quantitative estimate of drug-likeness (QED) is 0.805. The van der Waals surface area contributed by atoms with E-state index in [0.717, 1.165) is 18.8 Å². The van der Waals surface area contributed by atoms with E-state index < -0.39 is 11.9 Å². The summed E-state index contributed by atoms with van der Waals surface area (Å²) >= 11 is 0. The van der Waals surface area contributed by atoms with Crippen LogP contribution in [0.3, 0.4) is 0 Å². The van der Waals surface area contributed by atoms with Gasteiger partial charge in [-0.2, -0.15) is 0 Å². The van der Waals surface area contributed by atoms with Crippen LogP contribution in [0.5, 0.6) is 0 Å². The molecule has 1 unspecified atom stereocenters. The zero-order valence-electron chi connectivity index (χ0n) is 9.40. The first kappa shape index (κ1) is 11.9. The molecule has 17 heavy (non-hydrogen) atoms. The highest BCUT2D eigenvalue weighted by Gasteiger charge is 2.23. The summed E-state index contributed by atoms with van der Waals surface area (Å²) in [6.07, 6.45) is 0. The number of benzene rings is 1. The van der Waals surface area contributed by atoms with Gasteiger partial charge in [-0.1, -0.05) is 0 Å². The molecule has 1 saturated heterocycles. The number of carboxylic acids is 1. The fraction of sp³-hybridized carbons (Fsp3) is 0.417. The Labute approximate surface area is 99.0 Å². The minimum atomic E-state index is -0.800. The number of nitrogens with zero attached hydrogens (tertiary/aromatic N) is 1. The van der Waals surface area contributed by atoms with Crippen LogP contribution >= 0.6 is 0 Å². The molecular weight excluding hydrogens is 223 g/mol. The number of halogens is 1. The molecule has 0 aliphatic carbocycles. The second-order valence-electron chi connectivity index (χ2n) is 4.16. The van der Waals surface area contributed by atoms with Gasteiger partial charge in [0, 0.05) is 31.9 Å². The van der Waals surface area contributed by atoms with Crippen molar-refractivity contribution in [2.24, 2.45) is 5.92 Å². The number of hydrogen-bond acceptors (Lipinski definition) is 3. The third-order valence-corrected chi connectivity index (χ3v) is 2.93. The molecule has 1 aromatic rings. The molecule has 2 N–H and O–H groups in total. The minimum absolute atomic E-state index is 0.281. The van der Waals surface area contributed by atoms with Gasteiger partial charge in [0.25, 0.3) is 0 Å². The number of carbonyl (C=O) groups is 1. The number of aliphatic carboxylic acids is 1. The first-order valence-corrected chi connectivity index (χ1v) is 5.61. The Morgan fingerprint density at radius 1 is 1.41 bits per heavy atom. The van der Waals surface area contributed by atoms with Crippen LogP contribution < -0.4 is 10.2 Å². The summed E-state index contributed by atoms with van der Waals surface area (Å²) in [6.45, 7) is 2.40. The summed E-state index contributed by atoms with van der Waals surface area (Å²) in [7, 11) is 0. The Bertz CT molecular complexity index is 394. The maximum absolute atomic E-state index is 12.8. The largest absolute Gasteiger partial charge is 0.481 e. The Morgan fingerprint density at radius 3 is 2.76 bits per heavy atom. The number of nitrogens with one attached hydrogen (secondary N) is 1. The van der Waals surface area contributed by atoms with E-state index in [1.54, 1.807) is 12.1 Å². The Kier molecular flexibility index (Phi) is 3.58. The maximum atomic E-state index is 12.8. The Morgan fingerprint density at radius 2 is 2.12 bits per heavy atom. The van der Waals surface area contributed by atoms with Gasteiger partial charge >= 0.3 is 5.97 Å². The summed E-state index contributed by atoms with van der Waals surface area (Å²) in [5.74, 6) is -1.51. The lowest BCUT2D eigenvalue weighted by Gasteiger charge is -2.24. The number of rotatable bonds is 2. The van der Waals surface area contributed by atoms with E-state index in [9.17, 15) is 9.18 Å². The SMILES string of the molecule is O=C(O)C1CNCCN(c2ccc(F)cc2)C1. The molecule has 1 fully saturated rings. The Hall–Kier alpha value is -1.62. The molecule has 1 aliphatic rings. The van der Waals surface area contributed by atoms with Crippen LogP contribution in [-0.4, -0.2) is 37.3 Å². The van der Waals surface area contributed by atoms with Crippen LogP contribution in [0.25, 0.3) is 0 Å². The number of hydrogen-bond donors (Lipinski definition) is 2. The van der Waals surface area contributed by atoms with Crippen molar-refractivity contribution in [1.29, 1.82) is 0 Å². The molecule has 0 spiro atoms. The van der Waals surface area contributed by atoms with Gasteiger partial charge in [0.15, 0.2) is 0 Å². The van der Waals surface area contributed by atoms with Crippen molar-refractivity contribution in [3.05, 3.63) is 30.1 Å². The molecule has 1 aromatic carbocycles. The van der Waals surface area contributed by atoms with E-state index in [0.29, 0.717) is 13.1 Å². The van der Waals surface area contributed by atoms with Gasteiger partial charge < -0.3 is 15.3 Å². The molecule has 1 heterocycles. The molecule has 92 valence electrons. The van der Waals surface area contributed by atoms with Crippen LogP contribution in [-0.2, 0) is 4.79 Å². The molecule has 0 radical (unpaired) electrons. The van der Waals surface area contributed by atoms with Crippen LogP contribution in [0.2, 0.25) is 0 Å². The van der Waals surface area contributed by atoms with Crippen molar-refractivity contribution < 1.29 is 14.3 Å². The molecule has 0 aromatic heterocycles. The second-order valence-corrected chi connectivity index (χ2v) is 4.16. The zero-order chi connectivity index (χ0) is 12.3. The average molecular weight is 238 g/mol. The van der Waals surface area contributed by atoms with Gasteiger partial charge in [0.1, 0.15) is 5.82 Å². The standard InChI is InChI=1S/C12H15FN2O2/c13-10-1-3-11(4-2-10)15-6-5-14-7-9(8-15)12(16)17/h1-4,9,14H,5-8H2,(H,16,17). The molecule has 2 rings (SSSR count). The van der Waals surface area contributed by atoms with Crippen molar-refractivity contribution in [1.82, 2.24) is 5.32 Å². The predicted molar refractivity (Wildman–Crippen MR) is 62.6 cm³/mol. The van der Waals surface area contributed by atoms with Gasteiger partial charge in [-0.3, -0.25) is 4.79 Å². The average Bonchev–Trinajstić information content (AvgIpc) is 2.55. The van der Waals surface area contributed by atoms with Crippen molar-refractivity contribution in [3.8, 4) is 0 Å². The molecule has 1 aliphatic heterocycles. The molecule has 5 heteroatoms. The molecular formula is C12H15FN2O2. The van der Waals surface area contributed by atoms with E-state index in [2.05, 4.69) is 5.32 Å². The molecule has 4 nitrogen and oxygen atoms in total. The maximum Gasteiger partial charge on any atom is 0.309 e. The van der Waals surface area contributed by atoms with Gasteiger partial charge in [-0.25, -0.2) is 4.39 Å². The zero-order valence-corrected chi connectivity index (χ0v) is 9.40. The molecule has 1 atom stereocenters. The van der Waals surface area contributed by atoms with E-state index in [1.807, 2.05) is 4.90 Å². The fourth-order valence-electron chi connectivity index (χ4n) is 1.96. The van der Waals surface area contributed by atoms with E-state index in [-0.39, 0.29) is 5.82 Å². The summed E-state index contributed by atoms with van der Waals surface area (Å²) in [4.78, 5) is 13.0. The third kappa shape index (κ3) is 2.94. The number of carboxylic acid groups (broad SMARTS) is 1. The highest BCUT2D eigenvalue weighted by Crippen LogP contribution is 2.17. The van der Waals surface area contributed by atoms with Gasteiger partial charge in [0.2, 0.25) is 0 Å². The minimum Gasteiger partial charge on any atom is -0.481 e. The second kappa shape index (κ2) is 5.14. The summed E-state index contributed by atoms with van der Waals surface area (Å²) in [5, 5.41) is 12.1. The fourth-order valence-corrected chi connectivity index (χ4v) is 1.96. The highest BCUT2D eigenvalue weighted by atomic mass is 19.1. The lowest BCUT2D eigenvalue weighted by molar-refractivity contribution is -0.141. The van der Waals surface area contributed by atoms with Gasteiger partial charge in [-0.15, -0.1) is 0 Å². The predicted octanol–water partition coefficient (Wildman–Crippen LogP) is 0.936. The van der Waals surface area contributed by atoms with Crippen molar-refractivity contribution in [2.45, 2.75) is 0 Å².